The SMILES string of the molecule is CO[C@H](C)[C@H]1C(=O)Nc2c(C)nc(NC3CC(n4ccc(C(F)(F)F)n4)C3)nc2N1C.[HH].[HH]. The fourth-order valence-electron chi connectivity index (χ4n) is 3.98. The molecule has 3 heterocycles. The molecule has 0 unspecified atom stereocenters. The van der Waals surface area contributed by atoms with Gasteiger partial charge in [0, 0.05) is 29.2 Å². The van der Waals surface area contributed by atoms with Gasteiger partial charge in [0.2, 0.25) is 11.9 Å². The van der Waals surface area contributed by atoms with E-state index in [4.69, 9.17) is 4.74 Å². The van der Waals surface area contributed by atoms with E-state index in [1.165, 1.54) is 10.9 Å². The number of alkyl halides is 3. The molecule has 9 nitrogen and oxygen atoms in total. The lowest BCUT2D eigenvalue weighted by atomic mass is 9.87. The second-order valence-corrected chi connectivity index (χ2v) is 7.96. The molecule has 12 heteroatoms. The Labute approximate surface area is 180 Å². The van der Waals surface area contributed by atoms with Crippen LogP contribution in [0, 0.1) is 6.92 Å². The highest BCUT2D eigenvalue weighted by Crippen LogP contribution is 2.37. The molecule has 4 rings (SSSR count). The van der Waals surface area contributed by atoms with Crippen LogP contribution < -0.4 is 15.5 Å². The largest absolute Gasteiger partial charge is 0.435 e. The van der Waals surface area contributed by atoms with Gasteiger partial charge < -0.3 is 20.3 Å². The minimum absolute atomic E-state index is 0. The van der Waals surface area contributed by atoms with Crippen molar-refractivity contribution in [1.82, 2.24) is 19.7 Å². The molecule has 2 N–H and O–H groups in total. The summed E-state index contributed by atoms with van der Waals surface area (Å²) in [7, 11) is 3.33. The molecule has 0 aromatic carbocycles. The molecule has 1 aliphatic carbocycles. The summed E-state index contributed by atoms with van der Waals surface area (Å²) in [5, 5.41) is 9.74. The fraction of sp³-hybridized carbons (Fsp3) is 0.579. The van der Waals surface area contributed by atoms with Crippen molar-refractivity contribution in [3.8, 4) is 0 Å². The van der Waals surface area contributed by atoms with E-state index in [0.717, 1.165) is 6.07 Å². The van der Waals surface area contributed by atoms with Crippen LogP contribution in [0.4, 0.5) is 30.6 Å². The number of halogens is 3. The number of nitrogens with zero attached hydrogens (tertiary/aromatic N) is 5. The van der Waals surface area contributed by atoms with Gasteiger partial charge in [-0.2, -0.15) is 23.3 Å². The first kappa shape index (κ1) is 21.3. The number of nitrogens with one attached hydrogen (secondary N) is 2. The number of anilines is 3. The van der Waals surface area contributed by atoms with Crippen molar-refractivity contribution in [2.45, 2.75) is 57.1 Å². The monoisotopic (exact) mass is 443 g/mol. The minimum atomic E-state index is -4.44. The Bertz CT molecular complexity index is 998. The van der Waals surface area contributed by atoms with E-state index in [9.17, 15) is 18.0 Å². The number of likely N-dealkylation sites (N-methyl/N-ethyl adjacent to an activating group) is 1. The molecule has 1 saturated carbocycles. The molecular weight excluding hydrogens is 415 g/mol. The van der Waals surface area contributed by atoms with Crippen LogP contribution in [0.1, 0.15) is 40.0 Å². The third-order valence-corrected chi connectivity index (χ3v) is 5.87. The number of ether oxygens (including phenoxy) is 1. The molecule has 0 spiro atoms. The first-order valence-corrected chi connectivity index (χ1v) is 9.92. The van der Waals surface area contributed by atoms with Crippen molar-refractivity contribution in [1.29, 1.82) is 0 Å². The summed E-state index contributed by atoms with van der Waals surface area (Å²) < 4.78 is 44.9. The van der Waals surface area contributed by atoms with Crippen LogP contribution in [0.2, 0.25) is 0 Å². The van der Waals surface area contributed by atoms with Gasteiger partial charge >= 0.3 is 6.18 Å². The third-order valence-electron chi connectivity index (χ3n) is 5.87. The number of hydrogen-bond donors (Lipinski definition) is 2. The minimum Gasteiger partial charge on any atom is -0.379 e. The summed E-state index contributed by atoms with van der Waals surface area (Å²) in [5.74, 6) is 0.806. The van der Waals surface area contributed by atoms with Crippen LogP contribution in [0.25, 0.3) is 0 Å². The molecule has 1 fully saturated rings. The van der Waals surface area contributed by atoms with Gasteiger partial charge in [-0.25, -0.2) is 4.98 Å². The molecule has 2 aromatic heterocycles. The van der Waals surface area contributed by atoms with Gasteiger partial charge in [-0.3, -0.25) is 9.48 Å². The molecule has 1 amide bonds. The van der Waals surface area contributed by atoms with Gasteiger partial charge in [-0.1, -0.05) is 0 Å². The number of rotatable bonds is 5. The Hall–Kier alpha value is -2.89. The van der Waals surface area contributed by atoms with E-state index in [2.05, 4.69) is 25.7 Å². The van der Waals surface area contributed by atoms with Gasteiger partial charge in [0.15, 0.2) is 11.5 Å². The molecule has 2 aromatic rings. The lowest BCUT2D eigenvalue weighted by molar-refractivity contribution is -0.141. The van der Waals surface area contributed by atoms with Crippen molar-refractivity contribution in [3.05, 3.63) is 23.7 Å². The highest BCUT2D eigenvalue weighted by atomic mass is 19.4. The zero-order valence-corrected chi connectivity index (χ0v) is 17.6. The number of hydrogen-bond acceptors (Lipinski definition) is 7. The lowest BCUT2D eigenvalue weighted by Crippen LogP contribution is -2.53. The van der Waals surface area contributed by atoms with Gasteiger partial charge in [-0.05, 0) is 32.8 Å². The van der Waals surface area contributed by atoms with E-state index in [-0.39, 0.29) is 26.9 Å². The molecule has 0 radical (unpaired) electrons. The highest BCUT2D eigenvalue weighted by molar-refractivity contribution is 6.03. The number of fused-ring (bicyclic) bond motifs is 1. The third kappa shape index (κ3) is 3.91. The van der Waals surface area contributed by atoms with E-state index in [1.807, 2.05) is 6.92 Å². The number of aryl methyl sites for hydroxylation is 1. The zero-order valence-electron chi connectivity index (χ0n) is 17.6. The van der Waals surface area contributed by atoms with Crippen LogP contribution in [0.3, 0.4) is 0 Å². The van der Waals surface area contributed by atoms with Crippen molar-refractivity contribution in [2.75, 3.05) is 29.7 Å². The molecule has 2 aliphatic rings. The number of aromatic nitrogens is 4. The predicted octanol–water partition coefficient (Wildman–Crippen LogP) is 3.10. The zero-order chi connectivity index (χ0) is 22.5. The molecule has 2 atom stereocenters. The summed E-state index contributed by atoms with van der Waals surface area (Å²) in [5.41, 5.74) is 0.289. The smallest absolute Gasteiger partial charge is 0.379 e. The number of amides is 1. The Morgan fingerprint density at radius 1 is 1.35 bits per heavy atom. The summed E-state index contributed by atoms with van der Waals surface area (Å²) >= 11 is 0. The summed E-state index contributed by atoms with van der Waals surface area (Å²) in [6.07, 6.45) is -2.21. The van der Waals surface area contributed by atoms with Crippen LogP contribution >= 0.6 is 0 Å². The molecular formula is C19H28F3N7O2. The summed E-state index contributed by atoms with van der Waals surface area (Å²) in [6.45, 7) is 3.60. The maximum absolute atomic E-state index is 12.7. The van der Waals surface area contributed by atoms with Crippen LogP contribution in [0.5, 0.6) is 0 Å². The van der Waals surface area contributed by atoms with Gasteiger partial charge in [0.05, 0.1) is 17.8 Å². The van der Waals surface area contributed by atoms with Gasteiger partial charge in [0.25, 0.3) is 0 Å². The lowest BCUT2D eigenvalue weighted by Gasteiger charge is -2.38. The molecule has 0 bridgehead atoms. The summed E-state index contributed by atoms with van der Waals surface area (Å²) in [6, 6.07) is 0.355. The van der Waals surface area contributed by atoms with Gasteiger partial charge in [-0.15, -0.1) is 0 Å². The Morgan fingerprint density at radius 3 is 2.68 bits per heavy atom. The topological polar surface area (TPSA) is 97.2 Å². The highest BCUT2D eigenvalue weighted by Gasteiger charge is 2.39. The number of carbonyl (C=O) groups excluding carboxylic acids is 1. The van der Waals surface area contributed by atoms with Crippen molar-refractivity contribution in [2.24, 2.45) is 0 Å². The second-order valence-electron chi connectivity index (χ2n) is 7.96. The quantitative estimate of drug-likeness (QED) is 0.733. The molecule has 172 valence electrons. The maximum atomic E-state index is 12.7. The van der Waals surface area contributed by atoms with Crippen LogP contribution in [-0.2, 0) is 15.7 Å². The van der Waals surface area contributed by atoms with Gasteiger partial charge in [0.1, 0.15) is 11.7 Å². The first-order valence-electron chi connectivity index (χ1n) is 9.92. The number of methoxy groups -OCH3 is 1. The molecule has 1 aliphatic heterocycles. The van der Waals surface area contributed by atoms with E-state index in [1.54, 1.807) is 26.0 Å². The second kappa shape index (κ2) is 7.66. The Balaban J connectivity index is 0.00000193. The Kier molecular flexibility index (Phi) is 5.28. The van der Waals surface area contributed by atoms with Crippen LogP contribution in [0.15, 0.2) is 12.3 Å². The predicted molar refractivity (Wildman–Crippen MR) is 111 cm³/mol. The van der Waals surface area contributed by atoms with Crippen molar-refractivity contribution in [3.63, 3.8) is 0 Å². The summed E-state index contributed by atoms with van der Waals surface area (Å²) in [4.78, 5) is 23.3. The standard InChI is InChI=1S/C19H24F3N7O2.2H2/c1-9-14-16(28(3)15(10(2)31-4)17(30)25-14)26-18(23-9)24-11-7-12(8-11)29-6-5-13(27-29)19(20,21)22;;/h5-6,10-12,15H,7-8H2,1-4H3,(H,25,30)(H,23,24,26);2*1H/t10-,11?,12?,15+;;/m1../s1. The van der Waals surface area contributed by atoms with Crippen LogP contribution in [-0.4, -0.2) is 58.0 Å². The first-order chi connectivity index (χ1) is 14.6. The van der Waals surface area contributed by atoms with E-state index < -0.39 is 17.9 Å². The normalized spacial score (nSPS) is 24.3. The molecule has 31 heavy (non-hydrogen) atoms. The molecule has 0 saturated heterocycles. The average molecular weight is 443 g/mol. The van der Waals surface area contributed by atoms with E-state index in [0.29, 0.717) is 36.0 Å². The van der Waals surface area contributed by atoms with Crippen molar-refractivity contribution >= 4 is 23.4 Å². The fourth-order valence-corrected chi connectivity index (χ4v) is 3.98. The average Bonchev–Trinajstić information content (AvgIpc) is 3.15. The number of carbonyl (C=O) groups is 1. The van der Waals surface area contributed by atoms with Crippen molar-refractivity contribution < 1.29 is 25.6 Å². The maximum Gasteiger partial charge on any atom is 0.435 e. The Morgan fingerprint density at radius 2 is 2.06 bits per heavy atom. The van der Waals surface area contributed by atoms with E-state index >= 15 is 0 Å².